The van der Waals surface area contributed by atoms with E-state index in [0.29, 0.717) is 17.8 Å². The molecule has 4 aliphatic carbocycles. The van der Waals surface area contributed by atoms with E-state index >= 15 is 0 Å². The van der Waals surface area contributed by atoms with E-state index in [1.807, 2.05) is 6.92 Å². The van der Waals surface area contributed by atoms with Crippen molar-refractivity contribution in [3.8, 4) is 0 Å². The monoisotopic (exact) mass is 275 g/mol. The Morgan fingerprint density at radius 3 is 2.25 bits per heavy atom. The van der Waals surface area contributed by atoms with Crippen LogP contribution in [0.1, 0.15) is 39.0 Å². The lowest BCUT2D eigenvalue weighted by molar-refractivity contribution is -0.186. The van der Waals surface area contributed by atoms with Gasteiger partial charge in [0.05, 0.1) is 6.10 Å². The maximum absolute atomic E-state index is 12.0. The van der Waals surface area contributed by atoms with Crippen LogP contribution in [0.3, 0.4) is 0 Å². The van der Waals surface area contributed by atoms with Crippen molar-refractivity contribution in [3.63, 3.8) is 0 Å². The summed E-state index contributed by atoms with van der Waals surface area (Å²) in [6.45, 7) is 1.96. The lowest BCUT2D eigenvalue weighted by Gasteiger charge is -2.62. The molecule has 4 bridgehead atoms. The Morgan fingerprint density at radius 1 is 1.15 bits per heavy atom. The third-order valence-corrected chi connectivity index (χ3v) is 6.37. The molecule has 1 aliphatic heterocycles. The van der Waals surface area contributed by atoms with Crippen LogP contribution in [0.25, 0.3) is 0 Å². The molecular weight excluding hydrogens is 254 g/mol. The van der Waals surface area contributed by atoms with Crippen molar-refractivity contribution in [2.75, 3.05) is 0 Å². The maximum atomic E-state index is 12.0. The number of imide groups is 1. The van der Waals surface area contributed by atoms with E-state index in [1.54, 1.807) is 0 Å². The van der Waals surface area contributed by atoms with Crippen molar-refractivity contribution in [3.05, 3.63) is 12.2 Å². The Kier molecular flexibility index (Phi) is 2.48. The van der Waals surface area contributed by atoms with Crippen LogP contribution in [0.2, 0.25) is 0 Å². The molecule has 4 fully saturated rings. The number of carbonyl (C=O) groups is 2. The van der Waals surface area contributed by atoms with Crippen molar-refractivity contribution >= 4 is 11.8 Å². The normalized spacial score (nSPS) is 47.4. The van der Waals surface area contributed by atoms with E-state index < -0.39 is 0 Å². The van der Waals surface area contributed by atoms with Crippen LogP contribution in [0.5, 0.6) is 0 Å². The smallest absolute Gasteiger partial charge is 0.253 e. The minimum absolute atomic E-state index is 0.194. The number of rotatable bonds is 2. The third-order valence-electron chi connectivity index (χ3n) is 6.37. The van der Waals surface area contributed by atoms with Gasteiger partial charge in [0, 0.05) is 23.6 Å². The van der Waals surface area contributed by atoms with Crippen LogP contribution in [0.4, 0.5) is 0 Å². The van der Waals surface area contributed by atoms with Gasteiger partial charge in [0.15, 0.2) is 0 Å². The van der Waals surface area contributed by atoms with Crippen LogP contribution in [-0.4, -0.2) is 34.0 Å². The molecule has 0 saturated heterocycles. The van der Waals surface area contributed by atoms with Crippen molar-refractivity contribution in [1.82, 2.24) is 4.90 Å². The number of hydrogen-bond donors (Lipinski definition) is 1. The maximum Gasteiger partial charge on any atom is 0.253 e. The second-order valence-corrected chi connectivity index (χ2v) is 7.34. The molecule has 0 aromatic heterocycles. The van der Waals surface area contributed by atoms with Gasteiger partial charge in [-0.3, -0.25) is 14.5 Å². The van der Waals surface area contributed by atoms with Gasteiger partial charge in [-0.15, -0.1) is 0 Å². The van der Waals surface area contributed by atoms with E-state index in [0.717, 1.165) is 25.7 Å². The van der Waals surface area contributed by atoms with E-state index in [2.05, 4.69) is 0 Å². The number of nitrogens with zero attached hydrogens (tertiary/aromatic N) is 1. The summed E-state index contributed by atoms with van der Waals surface area (Å²) in [7, 11) is 0. The lowest BCUT2D eigenvalue weighted by atomic mass is 9.46. The van der Waals surface area contributed by atoms with E-state index in [9.17, 15) is 14.7 Å². The first-order valence-electron chi connectivity index (χ1n) is 7.74. The number of hydrogen-bond acceptors (Lipinski definition) is 3. The van der Waals surface area contributed by atoms with Crippen LogP contribution in [-0.2, 0) is 9.59 Å². The molecule has 1 N–H and O–H groups in total. The Morgan fingerprint density at radius 2 is 1.70 bits per heavy atom. The molecule has 0 aromatic rings. The Bertz CT molecular complexity index is 480. The minimum Gasteiger partial charge on any atom is -0.392 e. The molecule has 20 heavy (non-hydrogen) atoms. The fourth-order valence-corrected chi connectivity index (χ4v) is 5.72. The van der Waals surface area contributed by atoms with Crippen molar-refractivity contribution < 1.29 is 14.7 Å². The van der Waals surface area contributed by atoms with Crippen LogP contribution >= 0.6 is 0 Å². The number of aliphatic hydroxyl groups excluding tert-OH is 1. The second kappa shape index (κ2) is 3.94. The summed E-state index contributed by atoms with van der Waals surface area (Å²) in [5.74, 6) is 1.30. The summed E-state index contributed by atoms with van der Waals surface area (Å²) >= 11 is 0. The first kappa shape index (κ1) is 12.6. The van der Waals surface area contributed by atoms with Crippen molar-refractivity contribution in [2.24, 2.45) is 23.2 Å². The molecule has 4 nitrogen and oxygen atoms in total. The number of amides is 2. The molecule has 4 atom stereocenters. The highest BCUT2D eigenvalue weighted by Gasteiger charge is 2.60. The fourth-order valence-electron chi connectivity index (χ4n) is 5.72. The minimum atomic E-state index is -0.355. The standard InChI is InChI=1S/C16H21NO3/c1-9(17-13(18)2-3-14(17)19)16-7-10-4-11(8-16)6-12(5-10)15(16)20/h2-3,9-12,15,20H,4-8H2,1H3. The van der Waals surface area contributed by atoms with Crippen molar-refractivity contribution in [1.29, 1.82) is 0 Å². The van der Waals surface area contributed by atoms with Gasteiger partial charge in [0.25, 0.3) is 11.8 Å². The first-order valence-corrected chi connectivity index (χ1v) is 7.74. The molecule has 1 heterocycles. The lowest BCUT2D eigenvalue weighted by Crippen LogP contribution is -2.64. The zero-order valence-corrected chi connectivity index (χ0v) is 11.8. The zero-order valence-electron chi connectivity index (χ0n) is 11.8. The summed E-state index contributed by atoms with van der Waals surface area (Å²) in [5, 5.41) is 10.8. The van der Waals surface area contributed by atoms with Crippen LogP contribution in [0.15, 0.2) is 12.2 Å². The molecule has 5 aliphatic rings. The summed E-state index contributed by atoms with van der Waals surface area (Å²) < 4.78 is 0. The Balaban J connectivity index is 1.69. The fraction of sp³-hybridized carbons (Fsp3) is 0.750. The zero-order chi connectivity index (χ0) is 14.1. The molecular formula is C16H21NO3. The highest BCUT2D eigenvalue weighted by atomic mass is 16.3. The van der Waals surface area contributed by atoms with Gasteiger partial charge in [-0.2, -0.15) is 0 Å². The molecule has 0 aromatic carbocycles. The molecule has 4 unspecified atom stereocenters. The van der Waals surface area contributed by atoms with Crippen molar-refractivity contribution in [2.45, 2.75) is 51.2 Å². The Hall–Kier alpha value is -1.16. The van der Waals surface area contributed by atoms with E-state index in [-0.39, 0.29) is 29.4 Å². The Labute approximate surface area is 118 Å². The van der Waals surface area contributed by atoms with Crippen LogP contribution < -0.4 is 0 Å². The molecule has 4 saturated carbocycles. The molecule has 0 radical (unpaired) electrons. The largest absolute Gasteiger partial charge is 0.392 e. The van der Waals surface area contributed by atoms with Crippen LogP contribution in [0, 0.1) is 23.2 Å². The summed E-state index contributed by atoms with van der Waals surface area (Å²) in [6, 6.07) is -0.194. The van der Waals surface area contributed by atoms with Gasteiger partial charge in [-0.05, 0) is 56.8 Å². The number of carbonyl (C=O) groups excluding carboxylic acids is 2. The predicted octanol–water partition coefficient (Wildman–Crippen LogP) is 1.49. The van der Waals surface area contributed by atoms with Gasteiger partial charge in [-0.25, -0.2) is 0 Å². The molecule has 2 amide bonds. The topological polar surface area (TPSA) is 57.6 Å². The predicted molar refractivity (Wildman–Crippen MR) is 72.4 cm³/mol. The summed E-state index contributed by atoms with van der Waals surface area (Å²) in [6.07, 6.45) is 7.83. The summed E-state index contributed by atoms with van der Waals surface area (Å²) in [4.78, 5) is 25.3. The molecule has 0 spiro atoms. The van der Waals surface area contributed by atoms with Gasteiger partial charge < -0.3 is 5.11 Å². The molecule has 108 valence electrons. The summed E-state index contributed by atoms with van der Waals surface area (Å²) in [5.41, 5.74) is -0.258. The van der Waals surface area contributed by atoms with Gasteiger partial charge in [-0.1, -0.05) is 0 Å². The molecule has 5 rings (SSSR count). The second-order valence-electron chi connectivity index (χ2n) is 7.34. The van der Waals surface area contributed by atoms with Gasteiger partial charge >= 0.3 is 0 Å². The average Bonchev–Trinajstić information content (AvgIpc) is 2.73. The SMILES string of the molecule is CC(N1C(=O)C=CC1=O)C12CC3CC(CC(C3)C1O)C2. The number of aliphatic hydroxyl groups is 1. The highest BCUT2D eigenvalue weighted by molar-refractivity contribution is 6.13. The van der Waals surface area contributed by atoms with E-state index in [1.165, 1.54) is 23.5 Å². The quantitative estimate of drug-likeness (QED) is 0.777. The van der Waals surface area contributed by atoms with Gasteiger partial charge in [0.2, 0.25) is 0 Å². The van der Waals surface area contributed by atoms with Gasteiger partial charge in [0.1, 0.15) is 0 Å². The average molecular weight is 275 g/mol. The van der Waals surface area contributed by atoms with E-state index in [4.69, 9.17) is 0 Å². The highest BCUT2D eigenvalue weighted by Crippen LogP contribution is 2.62. The first-order chi connectivity index (χ1) is 9.51. The molecule has 4 heteroatoms. The third kappa shape index (κ3) is 1.46.